The third-order valence-electron chi connectivity index (χ3n) is 4.00. The number of carbonyl (C=O) groups is 1. The van der Waals surface area contributed by atoms with Crippen LogP contribution in [0.1, 0.15) is 35.7 Å². The first kappa shape index (κ1) is 17.5. The van der Waals surface area contributed by atoms with Crippen molar-refractivity contribution in [2.75, 3.05) is 13.1 Å². The van der Waals surface area contributed by atoms with E-state index in [0.29, 0.717) is 5.92 Å². The van der Waals surface area contributed by atoms with E-state index >= 15 is 0 Å². The molecule has 0 bridgehead atoms. The largest absolute Gasteiger partial charge is 0.339 e. The highest BCUT2D eigenvalue weighted by atomic mass is 79.9. The number of hydrogen-bond donors (Lipinski definition) is 1. The SMILES string of the molecule is Cc1ccc(Br)cc1C(=O)N1CCC(C(C)N)CC1.Cl. The fraction of sp³-hybridized carbons (Fsp3) is 0.533. The number of amides is 1. The molecule has 0 spiro atoms. The second-order valence-corrected chi connectivity index (χ2v) is 6.36. The maximum atomic E-state index is 12.5. The summed E-state index contributed by atoms with van der Waals surface area (Å²) in [5, 5.41) is 0. The molecule has 0 saturated carbocycles. The van der Waals surface area contributed by atoms with Crippen molar-refractivity contribution in [1.82, 2.24) is 4.90 Å². The molecular formula is C15H22BrClN2O. The number of hydrogen-bond acceptors (Lipinski definition) is 2. The van der Waals surface area contributed by atoms with E-state index in [1.165, 1.54) is 0 Å². The number of benzene rings is 1. The molecule has 112 valence electrons. The van der Waals surface area contributed by atoms with Crippen LogP contribution in [0.3, 0.4) is 0 Å². The molecular weight excluding hydrogens is 340 g/mol. The number of likely N-dealkylation sites (tertiary alicyclic amines) is 1. The van der Waals surface area contributed by atoms with Gasteiger partial charge in [0, 0.05) is 29.2 Å². The van der Waals surface area contributed by atoms with Crippen LogP contribution in [-0.2, 0) is 0 Å². The lowest BCUT2D eigenvalue weighted by Gasteiger charge is -2.34. The third kappa shape index (κ3) is 3.96. The molecule has 1 atom stereocenters. The summed E-state index contributed by atoms with van der Waals surface area (Å²) in [6.45, 7) is 5.67. The first-order valence-electron chi connectivity index (χ1n) is 6.80. The summed E-state index contributed by atoms with van der Waals surface area (Å²) in [4.78, 5) is 14.5. The fourth-order valence-electron chi connectivity index (χ4n) is 2.62. The minimum absolute atomic E-state index is 0. The van der Waals surface area contributed by atoms with Crippen LogP contribution in [0.4, 0.5) is 0 Å². The lowest BCUT2D eigenvalue weighted by atomic mass is 9.90. The molecule has 1 fully saturated rings. The normalized spacial score (nSPS) is 17.5. The number of nitrogens with two attached hydrogens (primary N) is 1. The Balaban J connectivity index is 0.00000200. The standard InChI is InChI=1S/C15H21BrN2O.ClH/c1-10-3-4-13(16)9-14(10)15(19)18-7-5-12(6-8-18)11(2)17;/h3-4,9,11-12H,5-8,17H2,1-2H3;1H. The number of rotatable bonds is 2. The van der Waals surface area contributed by atoms with Gasteiger partial charge >= 0.3 is 0 Å². The van der Waals surface area contributed by atoms with Crippen LogP contribution in [0.15, 0.2) is 22.7 Å². The van der Waals surface area contributed by atoms with E-state index in [1.807, 2.05) is 30.0 Å². The zero-order valence-electron chi connectivity index (χ0n) is 11.9. The van der Waals surface area contributed by atoms with Crippen LogP contribution >= 0.6 is 28.3 Å². The van der Waals surface area contributed by atoms with Gasteiger partial charge in [-0.05, 0) is 50.3 Å². The van der Waals surface area contributed by atoms with Crippen LogP contribution in [-0.4, -0.2) is 29.9 Å². The van der Waals surface area contributed by atoms with E-state index in [9.17, 15) is 4.79 Å². The summed E-state index contributed by atoms with van der Waals surface area (Å²) in [5.74, 6) is 0.689. The molecule has 1 aliphatic rings. The summed E-state index contributed by atoms with van der Waals surface area (Å²) in [6, 6.07) is 6.08. The molecule has 1 amide bonds. The van der Waals surface area contributed by atoms with Gasteiger partial charge in [0.2, 0.25) is 0 Å². The van der Waals surface area contributed by atoms with Crippen molar-refractivity contribution < 1.29 is 4.79 Å². The van der Waals surface area contributed by atoms with Crippen LogP contribution in [0.5, 0.6) is 0 Å². The number of halogens is 2. The Morgan fingerprint density at radius 3 is 2.55 bits per heavy atom. The van der Waals surface area contributed by atoms with Gasteiger partial charge in [0.1, 0.15) is 0 Å². The molecule has 2 rings (SSSR count). The predicted octanol–water partition coefficient (Wildman–Crippen LogP) is 3.38. The van der Waals surface area contributed by atoms with Gasteiger partial charge in [0.15, 0.2) is 0 Å². The van der Waals surface area contributed by atoms with Gasteiger partial charge in [-0.2, -0.15) is 0 Å². The van der Waals surface area contributed by atoms with E-state index < -0.39 is 0 Å². The Morgan fingerprint density at radius 1 is 1.40 bits per heavy atom. The highest BCUT2D eigenvalue weighted by Crippen LogP contribution is 2.23. The maximum absolute atomic E-state index is 12.5. The molecule has 1 saturated heterocycles. The van der Waals surface area contributed by atoms with Gasteiger partial charge in [-0.25, -0.2) is 0 Å². The molecule has 0 radical (unpaired) electrons. The molecule has 3 nitrogen and oxygen atoms in total. The first-order valence-corrected chi connectivity index (χ1v) is 7.59. The summed E-state index contributed by atoms with van der Waals surface area (Å²) >= 11 is 3.43. The van der Waals surface area contributed by atoms with E-state index in [-0.39, 0.29) is 24.4 Å². The van der Waals surface area contributed by atoms with Crippen molar-refractivity contribution >= 4 is 34.2 Å². The molecule has 20 heavy (non-hydrogen) atoms. The summed E-state index contributed by atoms with van der Waals surface area (Å²) in [5.41, 5.74) is 7.76. The van der Waals surface area contributed by atoms with Crippen molar-refractivity contribution in [3.8, 4) is 0 Å². The smallest absolute Gasteiger partial charge is 0.254 e. The number of piperidine rings is 1. The van der Waals surface area contributed by atoms with E-state index in [1.54, 1.807) is 0 Å². The minimum atomic E-state index is 0. The zero-order chi connectivity index (χ0) is 14.0. The van der Waals surface area contributed by atoms with Crippen molar-refractivity contribution in [1.29, 1.82) is 0 Å². The third-order valence-corrected chi connectivity index (χ3v) is 4.49. The van der Waals surface area contributed by atoms with Gasteiger partial charge in [-0.3, -0.25) is 4.79 Å². The zero-order valence-corrected chi connectivity index (χ0v) is 14.3. The second-order valence-electron chi connectivity index (χ2n) is 5.45. The maximum Gasteiger partial charge on any atom is 0.254 e. The summed E-state index contributed by atoms with van der Waals surface area (Å²) in [6.07, 6.45) is 2.02. The fourth-order valence-corrected chi connectivity index (χ4v) is 2.98. The van der Waals surface area contributed by atoms with Crippen molar-refractivity contribution in [2.24, 2.45) is 11.7 Å². The lowest BCUT2D eigenvalue weighted by Crippen LogP contribution is -2.42. The molecule has 0 aliphatic carbocycles. The Morgan fingerprint density at radius 2 is 2.00 bits per heavy atom. The number of aryl methyl sites for hydroxylation is 1. The minimum Gasteiger partial charge on any atom is -0.339 e. The Hall–Kier alpha value is -0.580. The number of carbonyl (C=O) groups excluding carboxylic acids is 1. The predicted molar refractivity (Wildman–Crippen MR) is 88.4 cm³/mol. The van der Waals surface area contributed by atoms with Crippen LogP contribution in [0, 0.1) is 12.8 Å². The molecule has 5 heteroatoms. The second kappa shape index (κ2) is 7.43. The highest BCUT2D eigenvalue weighted by molar-refractivity contribution is 9.10. The number of nitrogens with zero attached hydrogens (tertiary/aromatic N) is 1. The van der Waals surface area contributed by atoms with E-state index in [0.717, 1.165) is 41.5 Å². The molecule has 1 heterocycles. The molecule has 1 aromatic rings. The van der Waals surface area contributed by atoms with Gasteiger partial charge < -0.3 is 10.6 Å². The topological polar surface area (TPSA) is 46.3 Å². The first-order chi connectivity index (χ1) is 8.99. The van der Waals surface area contributed by atoms with Crippen molar-refractivity contribution in [2.45, 2.75) is 32.7 Å². The average Bonchev–Trinajstić information content (AvgIpc) is 2.41. The van der Waals surface area contributed by atoms with Gasteiger partial charge in [0.25, 0.3) is 5.91 Å². The molecule has 1 aliphatic heterocycles. The monoisotopic (exact) mass is 360 g/mol. The summed E-state index contributed by atoms with van der Waals surface area (Å²) in [7, 11) is 0. The van der Waals surface area contributed by atoms with Crippen LogP contribution < -0.4 is 5.73 Å². The van der Waals surface area contributed by atoms with Gasteiger partial charge in [0.05, 0.1) is 0 Å². The van der Waals surface area contributed by atoms with Crippen LogP contribution in [0.2, 0.25) is 0 Å². The van der Waals surface area contributed by atoms with Gasteiger partial charge in [-0.1, -0.05) is 22.0 Å². The Labute approximate surface area is 135 Å². The van der Waals surface area contributed by atoms with E-state index in [2.05, 4.69) is 22.9 Å². The quantitative estimate of drug-likeness (QED) is 0.878. The highest BCUT2D eigenvalue weighted by Gasteiger charge is 2.26. The summed E-state index contributed by atoms with van der Waals surface area (Å²) < 4.78 is 0.951. The Bertz CT molecular complexity index is 471. The molecule has 1 unspecified atom stereocenters. The molecule has 0 aromatic heterocycles. The van der Waals surface area contributed by atoms with Crippen molar-refractivity contribution in [3.05, 3.63) is 33.8 Å². The van der Waals surface area contributed by atoms with Crippen LogP contribution in [0.25, 0.3) is 0 Å². The van der Waals surface area contributed by atoms with Crippen molar-refractivity contribution in [3.63, 3.8) is 0 Å². The molecule has 2 N–H and O–H groups in total. The lowest BCUT2D eigenvalue weighted by molar-refractivity contribution is 0.0680. The van der Waals surface area contributed by atoms with E-state index in [4.69, 9.17) is 5.73 Å². The van der Waals surface area contributed by atoms with Gasteiger partial charge in [-0.15, -0.1) is 12.4 Å². The average molecular weight is 362 g/mol. The molecule has 1 aromatic carbocycles. The Kier molecular flexibility index (Phi) is 6.49.